The van der Waals surface area contributed by atoms with Crippen molar-refractivity contribution < 1.29 is 18.0 Å². The molecule has 29 heavy (non-hydrogen) atoms. The van der Waals surface area contributed by atoms with Crippen LogP contribution >= 0.6 is 0 Å². The molecule has 1 saturated heterocycles. The lowest BCUT2D eigenvalue weighted by atomic mass is 10.1. The minimum absolute atomic E-state index is 0.0172. The zero-order valence-electron chi connectivity index (χ0n) is 15.8. The van der Waals surface area contributed by atoms with E-state index in [1.54, 1.807) is 0 Å². The average Bonchev–Trinajstić information content (AvgIpc) is 3.36. The first-order chi connectivity index (χ1) is 14.0. The molecule has 1 atom stereocenters. The summed E-state index contributed by atoms with van der Waals surface area (Å²) in [7, 11) is -3.85. The van der Waals surface area contributed by atoms with E-state index in [1.165, 1.54) is 22.5 Å². The number of hydrogen-bond acceptors (Lipinski definition) is 6. The van der Waals surface area contributed by atoms with Gasteiger partial charge in [0.1, 0.15) is 5.82 Å². The van der Waals surface area contributed by atoms with Crippen molar-refractivity contribution in [2.75, 3.05) is 6.54 Å². The van der Waals surface area contributed by atoms with Gasteiger partial charge in [-0.2, -0.15) is 4.31 Å². The molecule has 1 aromatic carbocycles. The fourth-order valence-corrected chi connectivity index (χ4v) is 6.16. The van der Waals surface area contributed by atoms with Crippen LogP contribution in [0.2, 0.25) is 0 Å². The van der Waals surface area contributed by atoms with Crippen LogP contribution in [0.3, 0.4) is 0 Å². The van der Waals surface area contributed by atoms with Crippen LogP contribution in [-0.2, 0) is 23.0 Å². The molecular weight excluding hydrogens is 394 g/mol. The Labute approximate surface area is 168 Å². The molecule has 152 valence electrons. The number of rotatable bonds is 3. The molecular formula is C19H21N5O4S. The van der Waals surface area contributed by atoms with Crippen molar-refractivity contribution >= 4 is 21.8 Å². The Morgan fingerprint density at radius 3 is 2.66 bits per heavy atom. The zero-order chi connectivity index (χ0) is 20.2. The number of benzene rings is 1. The summed E-state index contributed by atoms with van der Waals surface area (Å²) >= 11 is 0. The summed E-state index contributed by atoms with van der Waals surface area (Å²) in [5, 5.41) is 10.9. The summed E-state index contributed by atoms with van der Waals surface area (Å²) in [6.07, 6.45) is 5.51. The number of sulfonamides is 1. The summed E-state index contributed by atoms with van der Waals surface area (Å²) in [5.74, 6) is 0.563. The van der Waals surface area contributed by atoms with Crippen LogP contribution in [0.5, 0.6) is 0 Å². The van der Waals surface area contributed by atoms with Crippen LogP contribution in [0.25, 0.3) is 0 Å². The Bertz CT molecular complexity index is 1120. The minimum atomic E-state index is -3.85. The second-order valence-corrected chi connectivity index (χ2v) is 9.59. The van der Waals surface area contributed by atoms with Gasteiger partial charge in [-0.05, 0) is 43.9 Å². The monoisotopic (exact) mass is 415 g/mol. The van der Waals surface area contributed by atoms with Crippen LogP contribution in [0, 0.1) is 0 Å². The molecule has 0 bridgehead atoms. The van der Waals surface area contributed by atoms with Gasteiger partial charge in [-0.3, -0.25) is 14.9 Å². The number of hydrogen-bond donors (Lipinski definition) is 1. The van der Waals surface area contributed by atoms with Crippen molar-refractivity contribution in [3.05, 3.63) is 41.0 Å². The van der Waals surface area contributed by atoms with Gasteiger partial charge < -0.3 is 4.57 Å². The van der Waals surface area contributed by atoms with Crippen molar-refractivity contribution in [1.82, 2.24) is 24.4 Å². The van der Waals surface area contributed by atoms with E-state index in [0.29, 0.717) is 18.8 Å². The molecule has 10 heteroatoms. The molecule has 4 heterocycles. The minimum Gasteiger partial charge on any atom is -0.314 e. The largest absolute Gasteiger partial charge is 0.314 e. The third-order valence-electron chi connectivity index (χ3n) is 5.95. The number of amides is 2. The van der Waals surface area contributed by atoms with Gasteiger partial charge in [0.05, 0.1) is 22.1 Å². The summed E-state index contributed by atoms with van der Waals surface area (Å²) in [5.41, 5.74) is 0.304. The lowest BCUT2D eigenvalue weighted by Gasteiger charge is -2.24. The molecule has 2 aromatic rings. The fourth-order valence-electron chi connectivity index (χ4n) is 4.48. The van der Waals surface area contributed by atoms with Crippen molar-refractivity contribution in [2.45, 2.75) is 56.0 Å². The SMILES string of the molecule is O=C1NC(=O)c2cc(S(=O)(=O)N3CCCC3c3nnc4n3CCCCC4)ccc21. The number of carbonyl (C=O) groups is 2. The van der Waals surface area contributed by atoms with Crippen LogP contribution in [0.15, 0.2) is 23.1 Å². The maximum Gasteiger partial charge on any atom is 0.258 e. The molecule has 3 aliphatic rings. The lowest BCUT2D eigenvalue weighted by molar-refractivity contribution is 0.0879. The van der Waals surface area contributed by atoms with Gasteiger partial charge in [-0.25, -0.2) is 8.42 Å². The van der Waals surface area contributed by atoms with E-state index < -0.39 is 21.8 Å². The smallest absolute Gasteiger partial charge is 0.258 e. The van der Waals surface area contributed by atoms with Gasteiger partial charge in [0.15, 0.2) is 5.82 Å². The highest BCUT2D eigenvalue weighted by Crippen LogP contribution is 2.37. The van der Waals surface area contributed by atoms with Gasteiger partial charge in [0, 0.05) is 19.5 Å². The van der Waals surface area contributed by atoms with Gasteiger partial charge >= 0.3 is 0 Å². The number of imide groups is 1. The van der Waals surface area contributed by atoms with Crippen LogP contribution in [0.1, 0.15) is 70.5 Å². The number of nitrogens with zero attached hydrogens (tertiary/aromatic N) is 4. The molecule has 0 radical (unpaired) electrons. The van der Waals surface area contributed by atoms with Crippen molar-refractivity contribution in [1.29, 1.82) is 0 Å². The second-order valence-electron chi connectivity index (χ2n) is 7.70. The van der Waals surface area contributed by atoms with E-state index in [0.717, 1.165) is 44.5 Å². The highest BCUT2D eigenvalue weighted by molar-refractivity contribution is 7.89. The van der Waals surface area contributed by atoms with Crippen LogP contribution in [-0.4, -0.2) is 45.8 Å². The maximum atomic E-state index is 13.4. The number of aromatic nitrogens is 3. The Hall–Kier alpha value is -2.59. The molecule has 3 aliphatic heterocycles. The quantitative estimate of drug-likeness (QED) is 0.758. The van der Waals surface area contributed by atoms with Gasteiger partial charge in [0.2, 0.25) is 10.0 Å². The van der Waals surface area contributed by atoms with Crippen molar-refractivity contribution in [3.63, 3.8) is 0 Å². The molecule has 0 saturated carbocycles. The average molecular weight is 415 g/mol. The highest BCUT2D eigenvalue weighted by atomic mass is 32.2. The maximum absolute atomic E-state index is 13.4. The summed E-state index contributed by atoms with van der Waals surface area (Å²) in [6.45, 7) is 1.20. The van der Waals surface area contributed by atoms with E-state index in [2.05, 4.69) is 20.1 Å². The van der Waals surface area contributed by atoms with E-state index >= 15 is 0 Å². The zero-order valence-corrected chi connectivity index (χ0v) is 16.6. The summed E-state index contributed by atoms with van der Waals surface area (Å²) in [6, 6.07) is 3.72. The number of carbonyl (C=O) groups excluding carboxylic acids is 2. The number of aryl methyl sites for hydroxylation is 1. The van der Waals surface area contributed by atoms with Crippen LogP contribution in [0.4, 0.5) is 0 Å². The third kappa shape index (κ3) is 2.89. The third-order valence-corrected chi connectivity index (χ3v) is 7.86. The Balaban J connectivity index is 1.52. The Morgan fingerprint density at radius 1 is 0.966 bits per heavy atom. The fraction of sp³-hybridized carbons (Fsp3) is 0.474. The van der Waals surface area contributed by atoms with E-state index in [4.69, 9.17) is 0 Å². The molecule has 0 spiro atoms. The summed E-state index contributed by atoms with van der Waals surface area (Å²) < 4.78 is 30.4. The standard InChI is InChI=1S/C19H21N5O4S/c25-18-13-8-7-12(11-14(13)19(26)20-18)29(27,28)24-10-4-5-15(24)17-22-21-16-6-2-1-3-9-23(16)17/h7-8,11,15H,1-6,9-10H2,(H,20,25,26). The molecule has 1 N–H and O–H groups in total. The van der Waals surface area contributed by atoms with Gasteiger partial charge in [-0.1, -0.05) is 6.42 Å². The van der Waals surface area contributed by atoms with E-state index in [1.807, 2.05) is 0 Å². The first kappa shape index (κ1) is 18.4. The number of fused-ring (bicyclic) bond motifs is 2. The van der Waals surface area contributed by atoms with E-state index in [9.17, 15) is 18.0 Å². The molecule has 1 fully saturated rings. The number of nitrogens with one attached hydrogen (secondary N) is 1. The Kier molecular flexibility index (Phi) is 4.28. The van der Waals surface area contributed by atoms with Gasteiger partial charge in [-0.15, -0.1) is 10.2 Å². The van der Waals surface area contributed by atoms with E-state index in [-0.39, 0.29) is 22.1 Å². The predicted octanol–water partition coefficient (Wildman–Crippen LogP) is 1.41. The van der Waals surface area contributed by atoms with Crippen molar-refractivity contribution in [3.8, 4) is 0 Å². The molecule has 1 unspecified atom stereocenters. The van der Waals surface area contributed by atoms with Crippen molar-refractivity contribution in [2.24, 2.45) is 0 Å². The molecule has 0 aliphatic carbocycles. The van der Waals surface area contributed by atoms with Crippen LogP contribution < -0.4 is 5.32 Å². The lowest BCUT2D eigenvalue weighted by Crippen LogP contribution is -2.32. The molecule has 2 amide bonds. The molecule has 5 rings (SSSR count). The first-order valence-corrected chi connectivity index (χ1v) is 11.3. The Morgan fingerprint density at radius 2 is 1.79 bits per heavy atom. The molecule has 9 nitrogen and oxygen atoms in total. The summed E-state index contributed by atoms with van der Waals surface area (Å²) in [4.78, 5) is 23.7. The topological polar surface area (TPSA) is 114 Å². The first-order valence-electron chi connectivity index (χ1n) is 9.90. The highest BCUT2D eigenvalue weighted by Gasteiger charge is 2.40. The molecule has 1 aromatic heterocycles. The van der Waals surface area contributed by atoms with Gasteiger partial charge in [0.25, 0.3) is 11.8 Å². The predicted molar refractivity (Wildman–Crippen MR) is 102 cm³/mol. The second kappa shape index (κ2) is 6.74. The normalized spacial score (nSPS) is 22.3.